The van der Waals surface area contributed by atoms with E-state index in [9.17, 15) is 4.79 Å². The van der Waals surface area contributed by atoms with E-state index in [0.29, 0.717) is 18.3 Å². The van der Waals surface area contributed by atoms with E-state index in [0.717, 1.165) is 19.7 Å². The third kappa shape index (κ3) is 3.08. The summed E-state index contributed by atoms with van der Waals surface area (Å²) in [7, 11) is 1.70. The van der Waals surface area contributed by atoms with Crippen molar-refractivity contribution in [2.24, 2.45) is 11.8 Å². The molecule has 1 amide bonds. The molecule has 0 N–H and O–H groups in total. The highest BCUT2D eigenvalue weighted by molar-refractivity contribution is 6.30. The summed E-state index contributed by atoms with van der Waals surface area (Å²) in [5.41, 5.74) is 0. The number of hydrogen-bond donors (Lipinski definition) is 0. The number of rotatable bonds is 4. The molecule has 0 aliphatic carbocycles. The number of methoxy groups -OCH3 is 1. The van der Waals surface area contributed by atoms with E-state index in [-0.39, 0.29) is 11.3 Å². The molecule has 0 radical (unpaired) electrons. The summed E-state index contributed by atoms with van der Waals surface area (Å²) >= 11 is 5.95. The normalized spacial score (nSPS) is 28.1. The fraction of sp³-hybridized carbons (Fsp3) is 0.909. The molecule has 15 heavy (non-hydrogen) atoms. The molecule has 88 valence electrons. The zero-order chi connectivity index (χ0) is 11.4. The van der Waals surface area contributed by atoms with Crippen LogP contribution in [-0.4, -0.2) is 43.0 Å². The van der Waals surface area contributed by atoms with Gasteiger partial charge in [0.1, 0.15) is 5.38 Å². The van der Waals surface area contributed by atoms with Gasteiger partial charge in [0.05, 0.1) is 6.61 Å². The summed E-state index contributed by atoms with van der Waals surface area (Å²) in [5, 5.41) is -0.363. The molecule has 1 heterocycles. The van der Waals surface area contributed by atoms with Gasteiger partial charge in [-0.2, -0.15) is 0 Å². The van der Waals surface area contributed by atoms with Gasteiger partial charge >= 0.3 is 0 Å². The van der Waals surface area contributed by atoms with Crippen LogP contribution in [-0.2, 0) is 9.53 Å². The Kier molecular flexibility index (Phi) is 4.87. The van der Waals surface area contributed by atoms with E-state index in [1.807, 2.05) is 11.8 Å². The number of alkyl halides is 1. The quantitative estimate of drug-likeness (QED) is 0.693. The lowest BCUT2D eigenvalue weighted by Crippen LogP contribution is -2.35. The molecular weight excluding hydrogens is 214 g/mol. The van der Waals surface area contributed by atoms with E-state index in [1.165, 1.54) is 0 Å². The molecule has 0 aromatic rings. The minimum atomic E-state index is -0.363. The van der Waals surface area contributed by atoms with Crippen LogP contribution in [0, 0.1) is 11.8 Å². The number of nitrogens with zero attached hydrogens (tertiary/aromatic N) is 1. The molecule has 0 bridgehead atoms. The number of carbonyl (C=O) groups excluding carboxylic acids is 1. The fourth-order valence-corrected chi connectivity index (χ4v) is 2.16. The van der Waals surface area contributed by atoms with Gasteiger partial charge < -0.3 is 9.64 Å². The van der Waals surface area contributed by atoms with E-state index in [1.54, 1.807) is 7.11 Å². The predicted octanol–water partition coefficient (Wildman–Crippen LogP) is 1.74. The highest BCUT2D eigenvalue weighted by Crippen LogP contribution is 2.24. The number of amides is 1. The van der Waals surface area contributed by atoms with Crippen molar-refractivity contribution < 1.29 is 9.53 Å². The zero-order valence-corrected chi connectivity index (χ0v) is 10.5. The first-order valence-electron chi connectivity index (χ1n) is 5.51. The van der Waals surface area contributed by atoms with Crippen molar-refractivity contribution in [1.82, 2.24) is 4.90 Å². The van der Waals surface area contributed by atoms with Gasteiger partial charge in [-0.1, -0.05) is 13.8 Å². The molecule has 4 heteroatoms. The maximum absolute atomic E-state index is 11.8. The van der Waals surface area contributed by atoms with Crippen molar-refractivity contribution in [1.29, 1.82) is 0 Å². The van der Waals surface area contributed by atoms with Crippen molar-refractivity contribution in [3.63, 3.8) is 0 Å². The van der Waals surface area contributed by atoms with Crippen LogP contribution < -0.4 is 0 Å². The first kappa shape index (κ1) is 12.8. The molecule has 3 unspecified atom stereocenters. The van der Waals surface area contributed by atoms with Crippen LogP contribution in [0.3, 0.4) is 0 Å². The lowest BCUT2D eigenvalue weighted by Gasteiger charge is -2.18. The maximum Gasteiger partial charge on any atom is 0.240 e. The Bertz CT molecular complexity index is 223. The number of halogens is 1. The molecule has 0 spiro atoms. The Morgan fingerprint density at radius 1 is 1.60 bits per heavy atom. The van der Waals surface area contributed by atoms with Gasteiger partial charge in [0.2, 0.25) is 5.91 Å². The first-order chi connectivity index (χ1) is 7.10. The molecule has 0 aromatic heterocycles. The third-order valence-corrected chi connectivity index (χ3v) is 3.58. The summed E-state index contributed by atoms with van der Waals surface area (Å²) < 4.78 is 5.14. The summed E-state index contributed by atoms with van der Waals surface area (Å²) in [5.74, 6) is 1.04. The minimum absolute atomic E-state index is 0.0737. The van der Waals surface area contributed by atoms with Crippen LogP contribution >= 0.6 is 11.6 Å². The van der Waals surface area contributed by atoms with Crippen molar-refractivity contribution >= 4 is 17.5 Å². The van der Waals surface area contributed by atoms with Gasteiger partial charge in [0.15, 0.2) is 0 Å². The van der Waals surface area contributed by atoms with E-state index in [4.69, 9.17) is 16.3 Å². The molecule has 1 rings (SSSR count). The third-order valence-electron chi connectivity index (χ3n) is 3.09. The van der Waals surface area contributed by atoms with Gasteiger partial charge in [0.25, 0.3) is 0 Å². The predicted molar refractivity (Wildman–Crippen MR) is 61.0 cm³/mol. The van der Waals surface area contributed by atoms with E-state index in [2.05, 4.69) is 6.92 Å². The molecule has 0 saturated carbocycles. The Labute approximate surface area is 96.7 Å². The summed E-state index contributed by atoms with van der Waals surface area (Å²) in [6, 6.07) is 0. The van der Waals surface area contributed by atoms with Crippen LogP contribution in [0.1, 0.15) is 20.3 Å². The van der Waals surface area contributed by atoms with Gasteiger partial charge in [-0.25, -0.2) is 0 Å². The Morgan fingerprint density at radius 3 is 2.80 bits per heavy atom. The highest BCUT2D eigenvalue weighted by atomic mass is 35.5. The Balaban J connectivity index is 2.50. The van der Waals surface area contributed by atoms with Crippen LogP contribution in [0.15, 0.2) is 0 Å². The van der Waals surface area contributed by atoms with Crippen molar-refractivity contribution in [2.75, 3.05) is 26.8 Å². The standard InChI is InChI=1S/C11H20ClNO2/c1-4-10(12)11(14)13-5-8(2)9(6-13)7-15-3/h8-10H,4-7H2,1-3H3. The average Bonchev–Trinajstić information content (AvgIpc) is 2.59. The SMILES string of the molecule is CCC(Cl)C(=O)N1CC(C)C(COC)C1. The van der Waals surface area contributed by atoms with Crippen molar-refractivity contribution in [2.45, 2.75) is 25.6 Å². The number of carbonyl (C=O) groups is 1. The van der Waals surface area contributed by atoms with Crippen LogP contribution in [0.5, 0.6) is 0 Å². The lowest BCUT2D eigenvalue weighted by molar-refractivity contribution is -0.130. The minimum Gasteiger partial charge on any atom is -0.384 e. The molecular formula is C11H20ClNO2. The summed E-state index contributed by atoms with van der Waals surface area (Å²) in [4.78, 5) is 13.7. The van der Waals surface area contributed by atoms with Crippen LogP contribution in [0.2, 0.25) is 0 Å². The molecule has 3 nitrogen and oxygen atoms in total. The topological polar surface area (TPSA) is 29.5 Å². The van der Waals surface area contributed by atoms with Crippen molar-refractivity contribution in [3.8, 4) is 0 Å². The van der Waals surface area contributed by atoms with E-state index >= 15 is 0 Å². The Hall–Kier alpha value is -0.280. The monoisotopic (exact) mass is 233 g/mol. The second-order valence-corrected chi connectivity index (χ2v) is 4.84. The largest absolute Gasteiger partial charge is 0.384 e. The molecule has 1 aliphatic rings. The smallest absolute Gasteiger partial charge is 0.240 e. The molecule has 1 aliphatic heterocycles. The molecule has 0 aromatic carbocycles. The number of likely N-dealkylation sites (tertiary alicyclic amines) is 1. The van der Waals surface area contributed by atoms with Gasteiger partial charge in [-0.05, 0) is 12.3 Å². The second-order valence-electron chi connectivity index (χ2n) is 4.31. The van der Waals surface area contributed by atoms with Crippen LogP contribution in [0.25, 0.3) is 0 Å². The fourth-order valence-electron chi connectivity index (χ4n) is 2.02. The summed E-state index contributed by atoms with van der Waals surface area (Å²) in [6.45, 7) is 6.42. The van der Waals surface area contributed by atoms with Gasteiger partial charge in [-0.15, -0.1) is 11.6 Å². The lowest BCUT2D eigenvalue weighted by atomic mass is 10.00. The van der Waals surface area contributed by atoms with Crippen LogP contribution in [0.4, 0.5) is 0 Å². The number of hydrogen-bond acceptors (Lipinski definition) is 2. The van der Waals surface area contributed by atoms with E-state index < -0.39 is 0 Å². The average molecular weight is 234 g/mol. The molecule has 1 saturated heterocycles. The summed E-state index contributed by atoms with van der Waals surface area (Å²) in [6.07, 6.45) is 0.695. The number of ether oxygens (including phenoxy) is 1. The molecule has 3 atom stereocenters. The zero-order valence-electron chi connectivity index (χ0n) is 9.70. The molecule has 1 fully saturated rings. The highest BCUT2D eigenvalue weighted by Gasteiger charge is 2.34. The first-order valence-corrected chi connectivity index (χ1v) is 5.95. The second kappa shape index (κ2) is 5.71. The van der Waals surface area contributed by atoms with Crippen molar-refractivity contribution in [3.05, 3.63) is 0 Å². The Morgan fingerprint density at radius 2 is 2.27 bits per heavy atom. The maximum atomic E-state index is 11.8. The van der Waals surface area contributed by atoms with Gasteiger partial charge in [-0.3, -0.25) is 4.79 Å². The van der Waals surface area contributed by atoms with Gasteiger partial charge in [0, 0.05) is 26.1 Å².